The molecule has 2 aromatic rings. The molecule has 1 aromatic carbocycles. The molecule has 5 nitrogen and oxygen atoms in total. The number of benzene rings is 1. The number of nitrogens with two attached hydrogens (primary N) is 1. The minimum absolute atomic E-state index is 0.330. The number of hydrogen-bond acceptors (Lipinski definition) is 5. The fraction of sp³-hybridized carbons (Fsp3) is 0.429. The summed E-state index contributed by atoms with van der Waals surface area (Å²) in [4.78, 5) is 11.0. The molecule has 0 aliphatic heterocycles. The third kappa shape index (κ3) is 2.46. The van der Waals surface area contributed by atoms with Crippen LogP contribution in [-0.2, 0) is 4.74 Å². The molecule has 1 saturated carbocycles. The normalized spacial score (nSPS) is 14.8. The topological polar surface area (TPSA) is 64.3 Å². The summed E-state index contributed by atoms with van der Waals surface area (Å²) in [6.07, 6.45) is 2.42. The Morgan fingerprint density at radius 2 is 2.11 bits per heavy atom. The van der Waals surface area contributed by atoms with Crippen LogP contribution in [0.25, 0.3) is 10.9 Å². The molecule has 0 atom stereocenters. The van der Waals surface area contributed by atoms with Crippen molar-refractivity contribution in [3.8, 4) is 0 Å². The maximum atomic E-state index is 5.83. The number of anilines is 2. The highest BCUT2D eigenvalue weighted by Gasteiger charge is 2.31. The van der Waals surface area contributed by atoms with E-state index in [1.807, 2.05) is 24.3 Å². The van der Waals surface area contributed by atoms with Gasteiger partial charge in [0.1, 0.15) is 5.82 Å². The minimum Gasteiger partial charge on any atom is -0.383 e. The maximum Gasteiger partial charge on any atom is 0.222 e. The summed E-state index contributed by atoms with van der Waals surface area (Å²) in [5.41, 5.74) is 6.73. The smallest absolute Gasteiger partial charge is 0.222 e. The van der Waals surface area contributed by atoms with Gasteiger partial charge in [-0.1, -0.05) is 12.1 Å². The van der Waals surface area contributed by atoms with Gasteiger partial charge in [-0.3, -0.25) is 0 Å². The zero-order valence-electron chi connectivity index (χ0n) is 11.0. The van der Waals surface area contributed by atoms with Crippen molar-refractivity contribution in [3.63, 3.8) is 0 Å². The van der Waals surface area contributed by atoms with E-state index in [1.165, 1.54) is 12.8 Å². The Morgan fingerprint density at radius 3 is 2.84 bits per heavy atom. The van der Waals surface area contributed by atoms with Crippen molar-refractivity contribution >= 4 is 22.7 Å². The fourth-order valence-electron chi connectivity index (χ4n) is 2.33. The molecule has 1 aliphatic carbocycles. The van der Waals surface area contributed by atoms with Crippen LogP contribution in [0.4, 0.5) is 11.8 Å². The van der Waals surface area contributed by atoms with Gasteiger partial charge >= 0.3 is 0 Å². The SMILES string of the molecule is COCCN(c1nc(N)nc2ccccc12)C1CC1. The van der Waals surface area contributed by atoms with Crippen LogP contribution in [0.15, 0.2) is 24.3 Å². The van der Waals surface area contributed by atoms with E-state index < -0.39 is 0 Å². The largest absolute Gasteiger partial charge is 0.383 e. The Bertz CT molecular complexity index is 583. The molecule has 2 N–H and O–H groups in total. The number of hydrogen-bond donors (Lipinski definition) is 1. The zero-order valence-corrected chi connectivity index (χ0v) is 11.0. The fourth-order valence-corrected chi connectivity index (χ4v) is 2.33. The number of para-hydroxylation sites is 1. The van der Waals surface area contributed by atoms with E-state index in [1.54, 1.807) is 7.11 Å². The van der Waals surface area contributed by atoms with E-state index in [0.717, 1.165) is 23.3 Å². The maximum absolute atomic E-state index is 5.83. The number of nitrogens with zero attached hydrogens (tertiary/aromatic N) is 3. The number of nitrogen functional groups attached to an aromatic ring is 1. The summed E-state index contributed by atoms with van der Waals surface area (Å²) in [6.45, 7) is 1.52. The first-order valence-corrected chi connectivity index (χ1v) is 6.57. The lowest BCUT2D eigenvalue weighted by atomic mass is 10.2. The third-order valence-electron chi connectivity index (χ3n) is 3.40. The van der Waals surface area contributed by atoms with Crippen molar-refractivity contribution in [2.24, 2.45) is 0 Å². The number of ether oxygens (including phenoxy) is 1. The van der Waals surface area contributed by atoms with Crippen LogP contribution in [0.2, 0.25) is 0 Å². The summed E-state index contributed by atoms with van der Waals surface area (Å²) >= 11 is 0. The molecular formula is C14H18N4O. The van der Waals surface area contributed by atoms with E-state index in [-0.39, 0.29) is 0 Å². The van der Waals surface area contributed by atoms with Crippen molar-refractivity contribution in [1.82, 2.24) is 9.97 Å². The predicted molar refractivity (Wildman–Crippen MR) is 76.2 cm³/mol. The number of aromatic nitrogens is 2. The van der Waals surface area contributed by atoms with Crippen molar-refractivity contribution in [2.75, 3.05) is 30.9 Å². The molecule has 0 spiro atoms. The van der Waals surface area contributed by atoms with E-state index in [0.29, 0.717) is 18.6 Å². The van der Waals surface area contributed by atoms with Gasteiger partial charge in [0.25, 0.3) is 0 Å². The zero-order chi connectivity index (χ0) is 13.2. The Hall–Kier alpha value is -1.88. The molecule has 3 rings (SSSR count). The van der Waals surface area contributed by atoms with Gasteiger partial charge < -0.3 is 15.4 Å². The lowest BCUT2D eigenvalue weighted by Gasteiger charge is -2.24. The van der Waals surface area contributed by atoms with Gasteiger partial charge in [0.15, 0.2) is 0 Å². The molecule has 0 amide bonds. The van der Waals surface area contributed by atoms with Crippen LogP contribution >= 0.6 is 0 Å². The van der Waals surface area contributed by atoms with Gasteiger partial charge in [-0.05, 0) is 25.0 Å². The van der Waals surface area contributed by atoms with Gasteiger partial charge in [-0.2, -0.15) is 4.98 Å². The van der Waals surface area contributed by atoms with Crippen LogP contribution in [0.1, 0.15) is 12.8 Å². The van der Waals surface area contributed by atoms with E-state index in [2.05, 4.69) is 14.9 Å². The highest BCUT2D eigenvalue weighted by atomic mass is 16.5. The Balaban J connectivity index is 2.05. The molecule has 1 aliphatic rings. The van der Waals surface area contributed by atoms with Crippen molar-refractivity contribution in [3.05, 3.63) is 24.3 Å². The second-order valence-corrected chi connectivity index (χ2v) is 4.84. The van der Waals surface area contributed by atoms with Crippen LogP contribution in [0.5, 0.6) is 0 Å². The summed E-state index contributed by atoms with van der Waals surface area (Å²) in [6, 6.07) is 8.56. The van der Waals surface area contributed by atoms with Crippen LogP contribution in [0, 0.1) is 0 Å². The van der Waals surface area contributed by atoms with Crippen LogP contribution in [0.3, 0.4) is 0 Å². The molecule has 1 aromatic heterocycles. The minimum atomic E-state index is 0.330. The molecule has 0 unspecified atom stereocenters. The molecule has 100 valence electrons. The lowest BCUT2D eigenvalue weighted by molar-refractivity contribution is 0.205. The first kappa shape index (κ1) is 12.2. The summed E-state index contributed by atoms with van der Waals surface area (Å²) < 4.78 is 5.20. The molecule has 19 heavy (non-hydrogen) atoms. The van der Waals surface area contributed by atoms with Gasteiger partial charge in [0, 0.05) is 25.1 Å². The quantitative estimate of drug-likeness (QED) is 0.886. The first-order valence-electron chi connectivity index (χ1n) is 6.57. The van der Waals surface area contributed by atoms with E-state index in [4.69, 9.17) is 10.5 Å². The van der Waals surface area contributed by atoms with E-state index in [9.17, 15) is 0 Å². The van der Waals surface area contributed by atoms with Gasteiger partial charge in [-0.25, -0.2) is 4.98 Å². The van der Waals surface area contributed by atoms with E-state index >= 15 is 0 Å². The molecule has 0 saturated heterocycles. The summed E-state index contributed by atoms with van der Waals surface area (Å²) in [7, 11) is 1.72. The summed E-state index contributed by atoms with van der Waals surface area (Å²) in [5, 5.41) is 1.06. The molecule has 1 fully saturated rings. The standard InChI is InChI=1S/C14H18N4O/c1-19-9-8-18(10-6-7-10)13-11-4-2-3-5-12(11)16-14(15)17-13/h2-5,10H,6-9H2,1H3,(H2,15,16,17). The Kier molecular flexibility index (Phi) is 3.21. The van der Waals surface area contributed by atoms with Crippen molar-refractivity contribution in [1.29, 1.82) is 0 Å². The van der Waals surface area contributed by atoms with Crippen molar-refractivity contribution in [2.45, 2.75) is 18.9 Å². The lowest BCUT2D eigenvalue weighted by Crippen LogP contribution is -2.30. The molecule has 0 radical (unpaired) electrons. The highest BCUT2D eigenvalue weighted by Crippen LogP contribution is 2.34. The predicted octanol–water partition coefficient (Wildman–Crippen LogP) is 1.83. The molecule has 0 bridgehead atoms. The Morgan fingerprint density at radius 1 is 1.32 bits per heavy atom. The highest BCUT2D eigenvalue weighted by molar-refractivity contribution is 5.90. The monoisotopic (exact) mass is 258 g/mol. The average molecular weight is 258 g/mol. The van der Waals surface area contributed by atoms with Crippen molar-refractivity contribution < 1.29 is 4.74 Å². The Labute approximate surface area is 112 Å². The van der Waals surface area contributed by atoms with Crippen LogP contribution < -0.4 is 10.6 Å². The van der Waals surface area contributed by atoms with Gasteiger partial charge in [0.2, 0.25) is 5.95 Å². The third-order valence-corrected chi connectivity index (χ3v) is 3.40. The summed E-state index contributed by atoms with van der Waals surface area (Å²) in [5.74, 6) is 1.26. The molecule has 1 heterocycles. The van der Waals surface area contributed by atoms with Gasteiger partial charge in [0.05, 0.1) is 12.1 Å². The number of methoxy groups -OCH3 is 1. The average Bonchev–Trinajstić information content (AvgIpc) is 3.23. The first-order chi connectivity index (χ1) is 9.29. The van der Waals surface area contributed by atoms with Gasteiger partial charge in [-0.15, -0.1) is 0 Å². The molecular weight excluding hydrogens is 240 g/mol. The number of rotatable bonds is 5. The number of fused-ring (bicyclic) bond motifs is 1. The molecule has 5 heteroatoms. The second kappa shape index (κ2) is 5.01. The second-order valence-electron chi connectivity index (χ2n) is 4.84. The van der Waals surface area contributed by atoms with Crippen LogP contribution in [-0.4, -0.2) is 36.3 Å².